The van der Waals surface area contributed by atoms with Crippen molar-refractivity contribution in [1.82, 2.24) is 15.5 Å². The Hall–Kier alpha value is -1.13. The second-order valence-electron chi connectivity index (χ2n) is 4.11. The van der Waals surface area contributed by atoms with Gasteiger partial charge >= 0.3 is 0 Å². The average molecular weight is 294 g/mol. The van der Waals surface area contributed by atoms with Gasteiger partial charge < -0.3 is 5.32 Å². The molecule has 1 aromatic carbocycles. The van der Waals surface area contributed by atoms with Gasteiger partial charge in [-0.1, -0.05) is 34.1 Å². The molecular formula is C13H16BrN3. The number of nitrogens with one attached hydrogen (secondary N) is 2. The Labute approximate surface area is 110 Å². The van der Waals surface area contributed by atoms with Gasteiger partial charge in [0.15, 0.2) is 0 Å². The van der Waals surface area contributed by atoms with Gasteiger partial charge in [0.1, 0.15) is 0 Å². The van der Waals surface area contributed by atoms with Crippen molar-refractivity contribution in [2.45, 2.75) is 26.9 Å². The molecule has 17 heavy (non-hydrogen) atoms. The van der Waals surface area contributed by atoms with Crippen LogP contribution in [0.25, 0.3) is 0 Å². The number of halogens is 1. The van der Waals surface area contributed by atoms with Crippen LogP contribution in [-0.4, -0.2) is 10.2 Å². The van der Waals surface area contributed by atoms with Gasteiger partial charge in [-0.05, 0) is 25.5 Å². The van der Waals surface area contributed by atoms with Gasteiger partial charge in [0.05, 0.1) is 5.69 Å². The second kappa shape index (κ2) is 5.47. The summed E-state index contributed by atoms with van der Waals surface area (Å²) in [6.45, 7) is 5.77. The Bertz CT molecular complexity index is 486. The molecule has 0 amide bonds. The number of nitrogens with zero attached hydrogens (tertiary/aromatic N) is 1. The highest BCUT2D eigenvalue weighted by atomic mass is 79.9. The van der Waals surface area contributed by atoms with E-state index < -0.39 is 0 Å². The van der Waals surface area contributed by atoms with Crippen molar-refractivity contribution in [3.05, 3.63) is 51.3 Å². The molecule has 2 rings (SSSR count). The number of benzene rings is 1. The fourth-order valence-corrected chi connectivity index (χ4v) is 2.22. The number of H-pyrrole nitrogens is 1. The van der Waals surface area contributed by atoms with E-state index in [1.807, 2.05) is 13.0 Å². The molecule has 90 valence electrons. The fourth-order valence-electron chi connectivity index (χ4n) is 1.80. The molecule has 1 heterocycles. The van der Waals surface area contributed by atoms with Gasteiger partial charge in [0.25, 0.3) is 0 Å². The minimum absolute atomic E-state index is 0.843. The van der Waals surface area contributed by atoms with Gasteiger partial charge in [-0.3, -0.25) is 5.10 Å². The van der Waals surface area contributed by atoms with Crippen LogP contribution in [0.5, 0.6) is 0 Å². The molecule has 0 radical (unpaired) electrons. The molecule has 0 bridgehead atoms. The third-order valence-corrected chi connectivity index (χ3v) is 3.63. The minimum atomic E-state index is 0.843. The second-order valence-corrected chi connectivity index (χ2v) is 4.96. The molecule has 2 N–H and O–H groups in total. The van der Waals surface area contributed by atoms with Crippen LogP contribution in [0.2, 0.25) is 0 Å². The maximum Gasteiger partial charge on any atom is 0.0638 e. The number of aromatic nitrogens is 2. The summed E-state index contributed by atoms with van der Waals surface area (Å²) in [5, 5.41) is 10.6. The molecular weight excluding hydrogens is 278 g/mol. The normalized spacial score (nSPS) is 10.8. The predicted molar refractivity (Wildman–Crippen MR) is 72.7 cm³/mol. The Balaban J connectivity index is 1.95. The summed E-state index contributed by atoms with van der Waals surface area (Å²) in [7, 11) is 0. The maximum absolute atomic E-state index is 4.19. The van der Waals surface area contributed by atoms with Crippen molar-refractivity contribution in [1.29, 1.82) is 0 Å². The summed E-state index contributed by atoms with van der Waals surface area (Å²) >= 11 is 3.55. The van der Waals surface area contributed by atoms with Gasteiger partial charge in [0, 0.05) is 28.8 Å². The third kappa shape index (κ3) is 2.96. The monoisotopic (exact) mass is 293 g/mol. The summed E-state index contributed by atoms with van der Waals surface area (Å²) in [5.41, 5.74) is 4.74. The Morgan fingerprint density at radius 2 is 2.00 bits per heavy atom. The van der Waals surface area contributed by atoms with Crippen molar-refractivity contribution in [3.8, 4) is 0 Å². The first-order chi connectivity index (χ1) is 8.18. The van der Waals surface area contributed by atoms with Gasteiger partial charge in [-0.15, -0.1) is 0 Å². The van der Waals surface area contributed by atoms with Crippen LogP contribution in [0, 0.1) is 13.8 Å². The maximum atomic E-state index is 4.19. The smallest absolute Gasteiger partial charge is 0.0638 e. The zero-order valence-electron chi connectivity index (χ0n) is 10.0. The standard InChI is InChI=1S/C13H16BrN3/c1-9-12(10(2)17-16-9)8-15-7-11-5-3-4-6-13(11)14/h3-6,15H,7-8H2,1-2H3,(H,16,17). The molecule has 0 atom stereocenters. The quantitative estimate of drug-likeness (QED) is 0.910. The topological polar surface area (TPSA) is 40.7 Å². The molecule has 0 saturated carbocycles. The highest BCUT2D eigenvalue weighted by Crippen LogP contribution is 2.16. The molecule has 0 spiro atoms. The number of aryl methyl sites for hydroxylation is 2. The molecule has 3 nitrogen and oxygen atoms in total. The molecule has 4 heteroatoms. The first-order valence-corrected chi connectivity index (χ1v) is 6.42. The Morgan fingerprint density at radius 1 is 1.24 bits per heavy atom. The van der Waals surface area contributed by atoms with Crippen molar-refractivity contribution in [3.63, 3.8) is 0 Å². The van der Waals surface area contributed by atoms with Crippen LogP contribution in [0.4, 0.5) is 0 Å². The van der Waals surface area contributed by atoms with Crippen molar-refractivity contribution in [2.75, 3.05) is 0 Å². The molecule has 0 aliphatic heterocycles. The zero-order valence-corrected chi connectivity index (χ0v) is 11.6. The van der Waals surface area contributed by atoms with Gasteiger partial charge in [-0.25, -0.2) is 0 Å². The minimum Gasteiger partial charge on any atom is -0.308 e. The van der Waals surface area contributed by atoms with E-state index in [1.54, 1.807) is 0 Å². The lowest BCUT2D eigenvalue weighted by Gasteiger charge is -2.07. The van der Waals surface area contributed by atoms with Crippen LogP contribution >= 0.6 is 15.9 Å². The molecule has 2 aromatic rings. The van der Waals surface area contributed by atoms with E-state index in [0.29, 0.717) is 0 Å². The highest BCUT2D eigenvalue weighted by molar-refractivity contribution is 9.10. The van der Waals surface area contributed by atoms with Gasteiger partial charge in [-0.2, -0.15) is 5.10 Å². The summed E-state index contributed by atoms with van der Waals surface area (Å²) in [6.07, 6.45) is 0. The number of rotatable bonds is 4. The van der Waals surface area contributed by atoms with Crippen LogP contribution in [0.3, 0.4) is 0 Å². The van der Waals surface area contributed by atoms with Crippen molar-refractivity contribution >= 4 is 15.9 Å². The highest BCUT2D eigenvalue weighted by Gasteiger charge is 2.05. The summed E-state index contributed by atoms with van der Waals surface area (Å²) in [4.78, 5) is 0. The molecule has 0 saturated heterocycles. The van der Waals surface area contributed by atoms with E-state index in [0.717, 1.165) is 29.0 Å². The van der Waals surface area contributed by atoms with Crippen LogP contribution in [-0.2, 0) is 13.1 Å². The zero-order chi connectivity index (χ0) is 12.3. The van der Waals surface area contributed by atoms with Crippen molar-refractivity contribution < 1.29 is 0 Å². The third-order valence-electron chi connectivity index (χ3n) is 2.86. The number of hydrogen-bond acceptors (Lipinski definition) is 2. The summed E-state index contributed by atoms with van der Waals surface area (Å²) in [5.74, 6) is 0. The van der Waals surface area contributed by atoms with E-state index in [2.05, 4.69) is 56.6 Å². The summed E-state index contributed by atoms with van der Waals surface area (Å²) < 4.78 is 1.15. The lowest BCUT2D eigenvalue weighted by Crippen LogP contribution is -2.14. The van der Waals surface area contributed by atoms with Crippen LogP contribution in [0.1, 0.15) is 22.5 Å². The van der Waals surface area contributed by atoms with Crippen molar-refractivity contribution in [2.24, 2.45) is 0 Å². The lowest BCUT2D eigenvalue weighted by molar-refractivity contribution is 0.686. The molecule has 0 aliphatic rings. The fraction of sp³-hybridized carbons (Fsp3) is 0.308. The van der Waals surface area contributed by atoms with E-state index >= 15 is 0 Å². The lowest BCUT2D eigenvalue weighted by atomic mass is 10.2. The first-order valence-electron chi connectivity index (χ1n) is 5.63. The van der Waals surface area contributed by atoms with Crippen LogP contribution in [0.15, 0.2) is 28.7 Å². The van der Waals surface area contributed by atoms with E-state index in [4.69, 9.17) is 0 Å². The SMILES string of the molecule is Cc1n[nH]c(C)c1CNCc1ccccc1Br. The van der Waals surface area contributed by atoms with E-state index in [-0.39, 0.29) is 0 Å². The summed E-state index contributed by atoms with van der Waals surface area (Å²) in [6, 6.07) is 8.26. The van der Waals surface area contributed by atoms with E-state index in [1.165, 1.54) is 11.1 Å². The predicted octanol–water partition coefficient (Wildman–Crippen LogP) is 3.08. The largest absolute Gasteiger partial charge is 0.308 e. The van der Waals surface area contributed by atoms with Crippen LogP contribution < -0.4 is 5.32 Å². The van der Waals surface area contributed by atoms with Gasteiger partial charge in [0.2, 0.25) is 0 Å². The molecule has 1 aromatic heterocycles. The molecule has 0 fully saturated rings. The van der Waals surface area contributed by atoms with E-state index in [9.17, 15) is 0 Å². The molecule has 0 unspecified atom stereocenters. The number of hydrogen-bond donors (Lipinski definition) is 2. The molecule has 0 aliphatic carbocycles. The number of aromatic amines is 1. The Kier molecular flexibility index (Phi) is 3.97. The Morgan fingerprint density at radius 3 is 2.65 bits per heavy atom. The first kappa shape index (κ1) is 12.3. The average Bonchev–Trinajstić information content (AvgIpc) is 2.63.